The van der Waals surface area contributed by atoms with Crippen LogP contribution < -0.4 is 5.43 Å². The van der Waals surface area contributed by atoms with E-state index in [0.717, 1.165) is 16.2 Å². The normalized spacial score (nSPS) is 10.9. The fourth-order valence-electron chi connectivity index (χ4n) is 2.12. The highest BCUT2D eigenvalue weighted by molar-refractivity contribution is 7.99. The van der Waals surface area contributed by atoms with Crippen molar-refractivity contribution < 1.29 is 9.72 Å². The SMILES string of the molecule is CCSc1ccc(Cl)cc1CC(=O)N/N=C\c1ccc(Cl)c([N+](=O)[O-])c1. The van der Waals surface area contributed by atoms with Gasteiger partial charge in [0.05, 0.1) is 17.6 Å². The third kappa shape index (κ3) is 5.72. The molecule has 0 saturated heterocycles. The molecule has 0 heterocycles. The number of nitro benzene ring substituents is 1. The number of rotatable bonds is 7. The van der Waals surface area contributed by atoms with Crippen LogP contribution in [0, 0.1) is 10.1 Å². The number of amides is 1. The molecule has 136 valence electrons. The number of nitrogens with zero attached hydrogens (tertiary/aromatic N) is 2. The molecule has 0 aromatic heterocycles. The Kier molecular flexibility index (Phi) is 7.44. The molecule has 1 amide bonds. The van der Waals surface area contributed by atoms with Gasteiger partial charge in [0.15, 0.2) is 0 Å². The van der Waals surface area contributed by atoms with Crippen LogP contribution in [0.25, 0.3) is 0 Å². The van der Waals surface area contributed by atoms with Crippen LogP contribution in [0.4, 0.5) is 5.69 Å². The van der Waals surface area contributed by atoms with E-state index < -0.39 is 4.92 Å². The number of halogens is 2. The Labute approximate surface area is 164 Å². The van der Waals surface area contributed by atoms with Gasteiger partial charge < -0.3 is 0 Å². The summed E-state index contributed by atoms with van der Waals surface area (Å²) < 4.78 is 0. The summed E-state index contributed by atoms with van der Waals surface area (Å²) in [5, 5.41) is 15.3. The van der Waals surface area contributed by atoms with Crippen molar-refractivity contribution in [3.63, 3.8) is 0 Å². The fraction of sp³-hybridized carbons (Fsp3) is 0.176. The number of benzene rings is 2. The zero-order valence-corrected chi connectivity index (χ0v) is 16.1. The third-order valence-corrected chi connectivity index (χ3v) is 4.80. The van der Waals surface area contributed by atoms with E-state index in [0.29, 0.717) is 10.6 Å². The van der Waals surface area contributed by atoms with E-state index in [1.807, 2.05) is 13.0 Å². The lowest BCUT2D eigenvalue weighted by molar-refractivity contribution is -0.384. The minimum atomic E-state index is -0.579. The summed E-state index contributed by atoms with van der Waals surface area (Å²) in [6.07, 6.45) is 1.45. The second-order valence-corrected chi connectivity index (χ2v) is 7.27. The van der Waals surface area contributed by atoms with E-state index >= 15 is 0 Å². The van der Waals surface area contributed by atoms with Gasteiger partial charge >= 0.3 is 0 Å². The van der Waals surface area contributed by atoms with Crippen molar-refractivity contribution in [1.29, 1.82) is 0 Å². The second kappa shape index (κ2) is 9.56. The number of carbonyl (C=O) groups excluding carboxylic acids is 1. The summed E-state index contributed by atoms with van der Waals surface area (Å²) in [7, 11) is 0. The molecule has 0 spiro atoms. The van der Waals surface area contributed by atoms with Crippen LogP contribution in [0.1, 0.15) is 18.1 Å². The Bertz CT molecular complexity index is 859. The van der Waals surface area contributed by atoms with Crippen LogP contribution in [-0.2, 0) is 11.2 Å². The molecule has 0 aliphatic carbocycles. The van der Waals surface area contributed by atoms with Crippen molar-refractivity contribution in [2.24, 2.45) is 5.10 Å². The molecule has 0 aliphatic rings. The summed E-state index contributed by atoms with van der Waals surface area (Å²) >= 11 is 13.4. The topological polar surface area (TPSA) is 84.6 Å². The fourth-order valence-corrected chi connectivity index (χ4v) is 3.30. The summed E-state index contributed by atoms with van der Waals surface area (Å²) in [4.78, 5) is 23.4. The predicted molar refractivity (Wildman–Crippen MR) is 105 cm³/mol. The Balaban J connectivity index is 2.03. The molecular weight excluding hydrogens is 397 g/mol. The van der Waals surface area contributed by atoms with Crippen LogP contribution in [0.2, 0.25) is 10.0 Å². The van der Waals surface area contributed by atoms with Gasteiger partial charge in [0.2, 0.25) is 5.91 Å². The Morgan fingerprint density at radius 3 is 2.77 bits per heavy atom. The van der Waals surface area contributed by atoms with E-state index in [4.69, 9.17) is 23.2 Å². The van der Waals surface area contributed by atoms with Gasteiger partial charge in [0, 0.05) is 21.5 Å². The molecule has 1 N–H and O–H groups in total. The number of nitrogens with one attached hydrogen (secondary N) is 1. The number of nitro groups is 1. The average molecular weight is 412 g/mol. The molecule has 6 nitrogen and oxygen atoms in total. The molecule has 0 bridgehead atoms. The predicted octanol–water partition coefficient (Wildman–Crippen LogP) is 4.71. The van der Waals surface area contributed by atoms with Crippen molar-refractivity contribution in [3.05, 3.63) is 67.7 Å². The summed E-state index contributed by atoms with van der Waals surface area (Å²) in [5.74, 6) is 0.564. The van der Waals surface area contributed by atoms with Crippen molar-refractivity contribution in [1.82, 2.24) is 5.43 Å². The minimum absolute atomic E-state index is 0.0399. The Morgan fingerprint density at radius 2 is 2.08 bits per heavy atom. The van der Waals surface area contributed by atoms with Crippen LogP contribution in [-0.4, -0.2) is 22.8 Å². The first kappa shape index (κ1) is 20.2. The van der Waals surface area contributed by atoms with Crippen molar-refractivity contribution >= 4 is 52.8 Å². The molecule has 2 aromatic rings. The molecule has 2 aromatic carbocycles. The quantitative estimate of drug-likeness (QED) is 0.309. The molecular formula is C17H15Cl2N3O3S. The maximum Gasteiger partial charge on any atom is 0.288 e. The van der Waals surface area contributed by atoms with E-state index in [1.54, 1.807) is 30.0 Å². The van der Waals surface area contributed by atoms with Crippen LogP contribution in [0.5, 0.6) is 0 Å². The zero-order chi connectivity index (χ0) is 19.1. The van der Waals surface area contributed by atoms with E-state index in [9.17, 15) is 14.9 Å². The molecule has 0 atom stereocenters. The highest BCUT2D eigenvalue weighted by Gasteiger charge is 2.12. The van der Waals surface area contributed by atoms with Crippen molar-refractivity contribution in [2.45, 2.75) is 18.2 Å². The third-order valence-electron chi connectivity index (χ3n) is 3.24. The molecule has 0 unspecified atom stereocenters. The number of carbonyl (C=O) groups is 1. The van der Waals surface area contributed by atoms with E-state index in [1.165, 1.54) is 18.3 Å². The van der Waals surface area contributed by atoms with E-state index in [2.05, 4.69) is 10.5 Å². The van der Waals surface area contributed by atoms with Crippen LogP contribution in [0.3, 0.4) is 0 Å². The number of hydrogen-bond donors (Lipinski definition) is 1. The molecule has 0 fully saturated rings. The summed E-state index contributed by atoms with van der Waals surface area (Å²) in [6, 6.07) is 9.68. The summed E-state index contributed by atoms with van der Waals surface area (Å²) in [6.45, 7) is 2.03. The van der Waals surface area contributed by atoms with Gasteiger partial charge in [-0.3, -0.25) is 14.9 Å². The minimum Gasteiger partial charge on any atom is -0.273 e. The van der Waals surface area contributed by atoms with Gasteiger partial charge in [-0.25, -0.2) is 5.43 Å². The molecule has 9 heteroatoms. The largest absolute Gasteiger partial charge is 0.288 e. The van der Waals surface area contributed by atoms with Crippen molar-refractivity contribution in [3.8, 4) is 0 Å². The molecule has 0 radical (unpaired) electrons. The molecule has 2 rings (SSSR count). The first-order valence-electron chi connectivity index (χ1n) is 7.57. The smallest absolute Gasteiger partial charge is 0.273 e. The first-order valence-corrected chi connectivity index (χ1v) is 9.32. The Hall–Kier alpha value is -2.09. The molecule has 0 aliphatic heterocycles. The lowest BCUT2D eigenvalue weighted by atomic mass is 10.1. The lowest BCUT2D eigenvalue weighted by Crippen LogP contribution is -2.20. The van der Waals surface area contributed by atoms with Gasteiger partial charge in [-0.2, -0.15) is 5.10 Å². The van der Waals surface area contributed by atoms with Gasteiger partial charge in [0.25, 0.3) is 5.69 Å². The zero-order valence-electron chi connectivity index (χ0n) is 13.7. The standard InChI is InChI=1S/C17H15Cl2N3O3S/c1-2-26-16-6-4-13(18)8-12(16)9-17(23)21-20-10-11-3-5-14(19)15(7-11)22(24)25/h3-8,10H,2,9H2,1H3,(H,21,23)/b20-10-. The number of thioether (sulfide) groups is 1. The second-order valence-electron chi connectivity index (χ2n) is 5.12. The van der Waals surface area contributed by atoms with Crippen LogP contribution >= 0.6 is 35.0 Å². The molecule has 26 heavy (non-hydrogen) atoms. The van der Waals surface area contributed by atoms with Gasteiger partial charge in [0.1, 0.15) is 5.02 Å². The number of hydrogen-bond acceptors (Lipinski definition) is 5. The number of hydrazone groups is 1. The highest BCUT2D eigenvalue weighted by atomic mass is 35.5. The average Bonchev–Trinajstić information content (AvgIpc) is 2.58. The Morgan fingerprint density at radius 1 is 1.31 bits per heavy atom. The monoisotopic (exact) mass is 411 g/mol. The maximum absolute atomic E-state index is 12.1. The lowest BCUT2D eigenvalue weighted by Gasteiger charge is -2.08. The van der Waals surface area contributed by atoms with Gasteiger partial charge in [-0.05, 0) is 35.6 Å². The van der Waals surface area contributed by atoms with Gasteiger partial charge in [-0.1, -0.05) is 36.2 Å². The maximum atomic E-state index is 12.1. The van der Waals surface area contributed by atoms with Crippen LogP contribution in [0.15, 0.2) is 46.4 Å². The molecule has 0 saturated carbocycles. The summed E-state index contributed by atoms with van der Waals surface area (Å²) in [5.41, 5.74) is 3.46. The van der Waals surface area contributed by atoms with E-state index in [-0.39, 0.29) is 23.0 Å². The highest BCUT2D eigenvalue weighted by Crippen LogP contribution is 2.26. The van der Waals surface area contributed by atoms with Crippen molar-refractivity contribution in [2.75, 3.05) is 5.75 Å². The first-order chi connectivity index (χ1) is 12.4. The van der Waals surface area contributed by atoms with Gasteiger partial charge in [-0.15, -0.1) is 11.8 Å².